The quantitative estimate of drug-likeness (QED) is 0.0826. The van der Waals surface area contributed by atoms with Gasteiger partial charge >= 0.3 is 23.9 Å². The zero-order chi connectivity index (χ0) is 27.9. The topological polar surface area (TPSA) is 124 Å². The highest BCUT2D eigenvalue weighted by molar-refractivity contribution is 5.95. The molecule has 0 bridgehead atoms. The molecule has 37 heavy (non-hydrogen) atoms. The van der Waals surface area contributed by atoms with Crippen molar-refractivity contribution in [1.82, 2.24) is 0 Å². The zero-order valence-corrected chi connectivity index (χ0v) is 23.1. The van der Waals surface area contributed by atoms with Crippen LogP contribution in [0.4, 0.5) is 0 Å². The molecular formula is C27H46O10. The summed E-state index contributed by atoms with van der Waals surface area (Å²) in [5.41, 5.74) is -0.225. The van der Waals surface area contributed by atoms with E-state index in [4.69, 9.17) is 28.4 Å². The first-order chi connectivity index (χ1) is 17.7. The van der Waals surface area contributed by atoms with Crippen LogP contribution in [0.3, 0.4) is 0 Å². The number of hydrogen-bond donors (Lipinski definition) is 0. The zero-order valence-electron chi connectivity index (χ0n) is 23.1. The first kappa shape index (κ1) is 34.5. The van der Waals surface area contributed by atoms with E-state index in [1.807, 2.05) is 0 Å². The fourth-order valence-corrected chi connectivity index (χ4v) is 2.93. The highest BCUT2D eigenvalue weighted by Gasteiger charge is 2.24. The van der Waals surface area contributed by atoms with Gasteiger partial charge in [-0.1, -0.05) is 59.0 Å². The van der Waals surface area contributed by atoms with Crippen molar-refractivity contribution in [3.8, 4) is 0 Å². The number of carbonyl (C=O) groups is 4. The van der Waals surface area contributed by atoms with Gasteiger partial charge in [0, 0.05) is 18.8 Å². The molecule has 10 nitrogen and oxygen atoms in total. The standard InChI is InChI=1S/C27H46O10/c1-6-8-10-12-14-32-16-18-34-26(30)22(4)36-24(28)20-21(3)25(29)37-23(5)27(31)35-19-17-33-15-13-11-9-7-2/h22-23H,3,6-20H2,1-2,4-5H3. The number of unbranched alkanes of at least 4 members (excludes halogenated alkanes) is 6. The van der Waals surface area contributed by atoms with E-state index < -0.39 is 42.5 Å². The van der Waals surface area contributed by atoms with Crippen molar-refractivity contribution in [3.05, 3.63) is 12.2 Å². The van der Waals surface area contributed by atoms with Crippen LogP contribution in [0.5, 0.6) is 0 Å². The van der Waals surface area contributed by atoms with Gasteiger partial charge in [0.05, 0.1) is 19.6 Å². The molecule has 0 aromatic carbocycles. The monoisotopic (exact) mass is 530 g/mol. The minimum absolute atomic E-state index is 0.0425. The van der Waals surface area contributed by atoms with Gasteiger partial charge in [0.2, 0.25) is 0 Å². The largest absolute Gasteiger partial charge is 0.461 e. The molecule has 0 aromatic heterocycles. The minimum atomic E-state index is -1.19. The van der Waals surface area contributed by atoms with Crippen molar-refractivity contribution in [3.63, 3.8) is 0 Å². The summed E-state index contributed by atoms with van der Waals surface area (Å²) in [6, 6.07) is 0. The number of carbonyl (C=O) groups excluding carboxylic acids is 4. The number of esters is 4. The van der Waals surface area contributed by atoms with Gasteiger partial charge in [-0.15, -0.1) is 0 Å². The Balaban J connectivity index is 4.06. The maximum Gasteiger partial charge on any atom is 0.347 e. The summed E-state index contributed by atoms with van der Waals surface area (Å²) in [6.07, 6.45) is 5.85. The maximum atomic E-state index is 12.1. The Morgan fingerprint density at radius 3 is 1.54 bits per heavy atom. The molecule has 0 amide bonds. The van der Waals surface area contributed by atoms with Crippen LogP contribution in [0.25, 0.3) is 0 Å². The molecule has 0 saturated carbocycles. The Morgan fingerprint density at radius 1 is 0.622 bits per heavy atom. The number of ether oxygens (including phenoxy) is 6. The van der Waals surface area contributed by atoms with Gasteiger partial charge in [-0.25, -0.2) is 14.4 Å². The van der Waals surface area contributed by atoms with E-state index >= 15 is 0 Å². The molecule has 0 saturated heterocycles. The van der Waals surface area contributed by atoms with Crippen LogP contribution in [0.15, 0.2) is 12.2 Å². The molecule has 0 aromatic rings. The van der Waals surface area contributed by atoms with Gasteiger partial charge in [0.1, 0.15) is 13.2 Å². The van der Waals surface area contributed by atoms with Crippen LogP contribution in [0.1, 0.15) is 85.5 Å². The van der Waals surface area contributed by atoms with Gasteiger partial charge in [0.25, 0.3) is 0 Å². The molecule has 214 valence electrons. The lowest BCUT2D eigenvalue weighted by molar-refractivity contribution is -0.168. The molecule has 0 fully saturated rings. The summed E-state index contributed by atoms with van der Waals surface area (Å²) < 4.78 is 30.8. The van der Waals surface area contributed by atoms with E-state index in [0.717, 1.165) is 51.4 Å². The predicted molar refractivity (Wildman–Crippen MR) is 137 cm³/mol. The molecule has 0 heterocycles. The van der Waals surface area contributed by atoms with Crippen LogP contribution >= 0.6 is 0 Å². The molecule has 0 radical (unpaired) electrons. The third kappa shape index (κ3) is 19.3. The Hall–Kier alpha value is -2.46. The van der Waals surface area contributed by atoms with Crippen molar-refractivity contribution in [2.45, 2.75) is 97.7 Å². The SMILES string of the molecule is C=C(CC(=O)OC(C)C(=O)OCCOCCCCCC)C(=O)OC(C)C(=O)OCCOCCCCCC. The average Bonchev–Trinajstić information content (AvgIpc) is 2.86. The van der Waals surface area contributed by atoms with E-state index in [2.05, 4.69) is 20.4 Å². The number of hydrogen-bond acceptors (Lipinski definition) is 10. The second-order valence-corrected chi connectivity index (χ2v) is 8.64. The van der Waals surface area contributed by atoms with Crippen LogP contribution in [-0.2, 0) is 47.6 Å². The lowest BCUT2D eigenvalue weighted by Crippen LogP contribution is -2.29. The molecule has 0 aliphatic heterocycles. The van der Waals surface area contributed by atoms with E-state index in [1.54, 1.807) is 0 Å². The van der Waals surface area contributed by atoms with Crippen LogP contribution < -0.4 is 0 Å². The summed E-state index contributed by atoms with van der Waals surface area (Å²) in [7, 11) is 0. The average molecular weight is 531 g/mol. The minimum Gasteiger partial charge on any atom is -0.461 e. The molecule has 0 rings (SSSR count). The van der Waals surface area contributed by atoms with Crippen LogP contribution in [0.2, 0.25) is 0 Å². The smallest absolute Gasteiger partial charge is 0.347 e. The summed E-state index contributed by atoms with van der Waals surface area (Å²) in [5.74, 6) is -3.26. The lowest BCUT2D eigenvalue weighted by atomic mass is 10.2. The summed E-state index contributed by atoms with van der Waals surface area (Å²) >= 11 is 0. The normalized spacial score (nSPS) is 12.3. The molecule has 0 aliphatic carbocycles. The van der Waals surface area contributed by atoms with E-state index in [-0.39, 0.29) is 32.0 Å². The highest BCUT2D eigenvalue weighted by Crippen LogP contribution is 2.09. The van der Waals surface area contributed by atoms with E-state index in [1.165, 1.54) is 13.8 Å². The molecule has 10 heteroatoms. The molecule has 2 atom stereocenters. The Morgan fingerprint density at radius 2 is 1.08 bits per heavy atom. The summed E-state index contributed by atoms with van der Waals surface area (Å²) in [5, 5.41) is 0. The molecule has 0 aliphatic rings. The second kappa shape index (κ2) is 22.7. The van der Waals surface area contributed by atoms with Gasteiger partial charge in [0.15, 0.2) is 12.2 Å². The highest BCUT2D eigenvalue weighted by atomic mass is 16.6. The van der Waals surface area contributed by atoms with Crippen LogP contribution in [0, 0.1) is 0 Å². The first-order valence-electron chi connectivity index (χ1n) is 13.3. The Bertz CT molecular complexity index is 676. The van der Waals surface area contributed by atoms with Gasteiger partial charge in [-0.3, -0.25) is 4.79 Å². The summed E-state index contributed by atoms with van der Waals surface area (Å²) in [4.78, 5) is 48.1. The number of rotatable bonds is 23. The van der Waals surface area contributed by atoms with Crippen molar-refractivity contribution in [2.24, 2.45) is 0 Å². The fourth-order valence-electron chi connectivity index (χ4n) is 2.93. The van der Waals surface area contributed by atoms with Crippen LogP contribution in [-0.4, -0.2) is 75.7 Å². The van der Waals surface area contributed by atoms with Crippen molar-refractivity contribution in [2.75, 3.05) is 39.6 Å². The van der Waals surface area contributed by atoms with E-state index in [9.17, 15) is 19.2 Å². The van der Waals surface area contributed by atoms with Crippen molar-refractivity contribution >= 4 is 23.9 Å². The fraction of sp³-hybridized carbons (Fsp3) is 0.778. The summed E-state index contributed by atoms with van der Waals surface area (Å²) in [6.45, 7) is 12.3. The van der Waals surface area contributed by atoms with Crippen molar-refractivity contribution in [1.29, 1.82) is 0 Å². The third-order valence-electron chi connectivity index (χ3n) is 5.13. The molecule has 2 unspecified atom stereocenters. The van der Waals surface area contributed by atoms with Gasteiger partial charge in [-0.05, 0) is 26.7 Å². The van der Waals surface area contributed by atoms with E-state index in [0.29, 0.717) is 13.2 Å². The Kier molecular flexibility index (Phi) is 21.2. The second-order valence-electron chi connectivity index (χ2n) is 8.64. The maximum absolute atomic E-state index is 12.1. The van der Waals surface area contributed by atoms with Gasteiger partial charge in [-0.2, -0.15) is 0 Å². The predicted octanol–water partition coefficient (Wildman–Crippen LogP) is 4.08. The van der Waals surface area contributed by atoms with Gasteiger partial charge < -0.3 is 28.4 Å². The molecular weight excluding hydrogens is 484 g/mol. The third-order valence-corrected chi connectivity index (χ3v) is 5.13. The molecule has 0 spiro atoms. The molecule has 0 N–H and O–H groups in total. The lowest BCUT2D eigenvalue weighted by Gasteiger charge is -2.15. The Labute approximate surface area is 221 Å². The first-order valence-corrected chi connectivity index (χ1v) is 13.3. The van der Waals surface area contributed by atoms with Crippen molar-refractivity contribution < 1.29 is 47.6 Å².